The predicted molar refractivity (Wildman–Crippen MR) is 62.2 cm³/mol. The second-order valence-corrected chi connectivity index (χ2v) is 5.38. The molecular weight excluding hydrogens is 172 g/mol. The lowest BCUT2D eigenvalue weighted by molar-refractivity contribution is 0.160. The molecule has 0 amide bonds. The number of hydrogen-bond acceptors (Lipinski definition) is 2. The van der Waals surface area contributed by atoms with Crippen LogP contribution in [0.1, 0.15) is 40.0 Å². The van der Waals surface area contributed by atoms with Crippen molar-refractivity contribution in [2.75, 3.05) is 13.6 Å². The molecule has 1 saturated carbocycles. The Balaban J connectivity index is 2.41. The largest absolute Gasteiger partial charge is 0.327 e. The van der Waals surface area contributed by atoms with E-state index in [9.17, 15) is 0 Å². The third-order valence-corrected chi connectivity index (χ3v) is 3.71. The first-order valence-corrected chi connectivity index (χ1v) is 5.96. The average Bonchev–Trinajstić information content (AvgIpc) is 2.11. The van der Waals surface area contributed by atoms with Crippen molar-refractivity contribution in [2.24, 2.45) is 17.6 Å². The molecule has 0 spiro atoms. The lowest BCUT2D eigenvalue weighted by Gasteiger charge is -2.36. The molecule has 0 aliphatic heterocycles. The summed E-state index contributed by atoms with van der Waals surface area (Å²) in [5.74, 6) is 1.59. The molecule has 0 aromatic rings. The van der Waals surface area contributed by atoms with Gasteiger partial charge >= 0.3 is 0 Å². The van der Waals surface area contributed by atoms with Crippen LogP contribution in [0.25, 0.3) is 0 Å². The summed E-state index contributed by atoms with van der Waals surface area (Å²) >= 11 is 0. The molecule has 0 aromatic heterocycles. The second-order valence-electron chi connectivity index (χ2n) is 5.38. The second kappa shape index (κ2) is 5.13. The molecule has 0 aromatic carbocycles. The topological polar surface area (TPSA) is 29.3 Å². The summed E-state index contributed by atoms with van der Waals surface area (Å²) in [6, 6.07) is 1.08. The van der Waals surface area contributed by atoms with E-state index in [4.69, 9.17) is 5.73 Å². The Labute approximate surface area is 88.8 Å². The Kier molecular flexibility index (Phi) is 4.39. The normalized spacial score (nSPS) is 34.1. The van der Waals surface area contributed by atoms with Crippen LogP contribution in [0.3, 0.4) is 0 Å². The van der Waals surface area contributed by atoms with Crippen LogP contribution in [-0.2, 0) is 0 Å². The molecule has 14 heavy (non-hydrogen) atoms. The van der Waals surface area contributed by atoms with Crippen LogP contribution in [0.5, 0.6) is 0 Å². The first kappa shape index (κ1) is 12.0. The highest BCUT2D eigenvalue weighted by Crippen LogP contribution is 2.28. The van der Waals surface area contributed by atoms with E-state index in [-0.39, 0.29) is 0 Å². The highest BCUT2D eigenvalue weighted by molar-refractivity contribution is 4.83. The van der Waals surface area contributed by atoms with Gasteiger partial charge in [-0.1, -0.05) is 6.92 Å². The van der Waals surface area contributed by atoms with Gasteiger partial charge in [-0.2, -0.15) is 0 Å². The van der Waals surface area contributed by atoms with E-state index in [1.807, 2.05) is 0 Å². The van der Waals surface area contributed by atoms with E-state index < -0.39 is 0 Å². The Morgan fingerprint density at radius 3 is 2.57 bits per heavy atom. The number of hydrogen-bond donors (Lipinski definition) is 1. The van der Waals surface area contributed by atoms with E-state index >= 15 is 0 Å². The predicted octanol–water partition coefficient (Wildman–Crippen LogP) is 2.09. The maximum Gasteiger partial charge on any atom is 0.00795 e. The molecule has 3 unspecified atom stereocenters. The van der Waals surface area contributed by atoms with Crippen molar-refractivity contribution >= 4 is 0 Å². The number of rotatable bonds is 3. The Morgan fingerprint density at radius 1 is 1.36 bits per heavy atom. The van der Waals surface area contributed by atoms with Crippen LogP contribution in [0.2, 0.25) is 0 Å². The van der Waals surface area contributed by atoms with Gasteiger partial charge in [0.25, 0.3) is 0 Å². The summed E-state index contributed by atoms with van der Waals surface area (Å²) in [5, 5.41) is 0. The SMILES string of the molecule is CC1CCC(N)C(CN(C)C(C)C)C1. The fraction of sp³-hybridized carbons (Fsp3) is 1.00. The van der Waals surface area contributed by atoms with Gasteiger partial charge < -0.3 is 10.6 Å². The zero-order chi connectivity index (χ0) is 10.7. The third kappa shape index (κ3) is 3.25. The maximum absolute atomic E-state index is 6.16. The van der Waals surface area contributed by atoms with Crippen molar-refractivity contribution in [3.63, 3.8) is 0 Å². The summed E-state index contributed by atoms with van der Waals surface area (Å²) in [7, 11) is 2.21. The molecule has 2 N–H and O–H groups in total. The monoisotopic (exact) mass is 198 g/mol. The van der Waals surface area contributed by atoms with Crippen molar-refractivity contribution in [1.82, 2.24) is 4.90 Å². The molecule has 1 rings (SSSR count). The van der Waals surface area contributed by atoms with Gasteiger partial charge in [-0.05, 0) is 52.0 Å². The van der Waals surface area contributed by atoms with E-state index in [1.54, 1.807) is 0 Å². The van der Waals surface area contributed by atoms with Gasteiger partial charge in [-0.3, -0.25) is 0 Å². The van der Waals surface area contributed by atoms with Gasteiger partial charge in [0.15, 0.2) is 0 Å². The van der Waals surface area contributed by atoms with Crippen LogP contribution >= 0.6 is 0 Å². The molecule has 3 atom stereocenters. The van der Waals surface area contributed by atoms with Gasteiger partial charge in [-0.15, -0.1) is 0 Å². The minimum absolute atomic E-state index is 0.437. The van der Waals surface area contributed by atoms with Crippen molar-refractivity contribution in [3.05, 3.63) is 0 Å². The molecule has 84 valence electrons. The van der Waals surface area contributed by atoms with Gasteiger partial charge in [0, 0.05) is 18.6 Å². The lowest BCUT2D eigenvalue weighted by Crippen LogP contribution is -2.43. The van der Waals surface area contributed by atoms with Gasteiger partial charge in [-0.25, -0.2) is 0 Å². The van der Waals surface area contributed by atoms with E-state index in [0.29, 0.717) is 18.0 Å². The Morgan fingerprint density at radius 2 is 2.00 bits per heavy atom. The van der Waals surface area contributed by atoms with Crippen LogP contribution in [0.4, 0.5) is 0 Å². The summed E-state index contributed by atoms with van der Waals surface area (Å²) in [6.45, 7) is 8.02. The van der Waals surface area contributed by atoms with Crippen LogP contribution in [0.15, 0.2) is 0 Å². The molecular formula is C12H26N2. The zero-order valence-electron chi connectivity index (χ0n) is 10.2. The summed E-state index contributed by atoms with van der Waals surface area (Å²) in [4.78, 5) is 2.42. The fourth-order valence-corrected chi connectivity index (χ4v) is 2.31. The Bertz CT molecular complexity index is 168. The molecule has 0 radical (unpaired) electrons. The first-order chi connectivity index (χ1) is 6.50. The van der Waals surface area contributed by atoms with Crippen LogP contribution in [-0.4, -0.2) is 30.6 Å². The van der Waals surface area contributed by atoms with Crippen molar-refractivity contribution < 1.29 is 0 Å². The third-order valence-electron chi connectivity index (χ3n) is 3.71. The van der Waals surface area contributed by atoms with E-state index in [2.05, 4.69) is 32.7 Å². The maximum atomic E-state index is 6.16. The molecule has 1 aliphatic carbocycles. The van der Waals surface area contributed by atoms with E-state index in [0.717, 1.165) is 5.92 Å². The van der Waals surface area contributed by atoms with Crippen molar-refractivity contribution in [2.45, 2.75) is 52.1 Å². The number of nitrogens with zero attached hydrogens (tertiary/aromatic N) is 1. The average molecular weight is 198 g/mol. The zero-order valence-corrected chi connectivity index (χ0v) is 10.2. The van der Waals surface area contributed by atoms with Gasteiger partial charge in [0.1, 0.15) is 0 Å². The van der Waals surface area contributed by atoms with Gasteiger partial charge in [0.2, 0.25) is 0 Å². The van der Waals surface area contributed by atoms with Crippen molar-refractivity contribution in [1.29, 1.82) is 0 Å². The fourth-order valence-electron chi connectivity index (χ4n) is 2.31. The molecule has 0 bridgehead atoms. The molecule has 1 aliphatic rings. The summed E-state index contributed by atoms with van der Waals surface area (Å²) in [6.07, 6.45) is 3.86. The molecule has 2 nitrogen and oxygen atoms in total. The number of nitrogens with two attached hydrogens (primary N) is 1. The van der Waals surface area contributed by atoms with Crippen LogP contribution < -0.4 is 5.73 Å². The summed E-state index contributed by atoms with van der Waals surface area (Å²) in [5.41, 5.74) is 6.16. The molecule has 2 heteroatoms. The molecule has 0 saturated heterocycles. The summed E-state index contributed by atoms with van der Waals surface area (Å²) < 4.78 is 0. The highest BCUT2D eigenvalue weighted by Gasteiger charge is 2.27. The standard InChI is InChI=1S/C12H26N2/c1-9(2)14(4)8-11-7-10(3)5-6-12(11)13/h9-12H,5-8,13H2,1-4H3. The first-order valence-electron chi connectivity index (χ1n) is 5.96. The highest BCUT2D eigenvalue weighted by atomic mass is 15.1. The Hall–Kier alpha value is -0.0800. The van der Waals surface area contributed by atoms with Crippen LogP contribution in [0, 0.1) is 11.8 Å². The van der Waals surface area contributed by atoms with Gasteiger partial charge in [0.05, 0.1) is 0 Å². The smallest absolute Gasteiger partial charge is 0.00795 e. The van der Waals surface area contributed by atoms with Crippen molar-refractivity contribution in [3.8, 4) is 0 Å². The molecule has 1 fully saturated rings. The van der Waals surface area contributed by atoms with E-state index in [1.165, 1.54) is 25.8 Å². The minimum Gasteiger partial charge on any atom is -0.327 e. The molecule has 0 heterocycles. The lowest BCUT2D eigenvalue weighted by atomic mass is 9.79. The quantitative estimate of drug-likeness (QED) is 0.752. The minimum atomic E-state index is 0.437.